The summed E-state index contributed by atoms with van der Waals surface area (Å²) in [6, 6.07) is 62.0. The summed E-state index contributed by atoms with van der Waals surface area (Å²) in [5, 5.41) is 9.27. The minimum Gasteiger partial charge on any atom is -0.455 e. The van der Waals surface area contributed by atoms with Gasteiger partial charge in [0.1, 0.15) is 11.2 Å². The summed E-state index contributed by atoms with van der Waals surface area (Å²) in [7, 11) is 0. The van der Waals surface area contributed by atoms with E-state index in [4.69, 9.17) is 19.4 Å². The van der Waals surface area contributed by atoms with Crippen LogP contribution in [0.3, 0.4) is 0 Å². The van der Waals surface area contributed by atoms with Crippen molar-refractivity contribution in [2.75, 3.05) is 0 Å². The van der Waals surface area contributed by atoms with Crippen LogP contribution in [-0.4, -0.2) is 24.1 Å². The molecule has 0 N–H and O–H groups in total. The fourth-order valence-electron chi connectivity index (χ4n) is 9.02. The van der Waals surface area contributed by atoms with E-state index in [1.165, 1.54) is 42.0 Å². The summed E-state index contributed by atoms with van der Waals surface area (Å²) >= 11 is 1.81. The molecule has 0 aliphatic carbocycles. The first-order valence-electron chi connectivity index (χ1n) is 19.4. The Morgan fingerprint density at radius 3 is 1.67 bits per heavy atom. The maximum absolute atomic E-state index is 6.53. The van der Waals surface area contributed by atoms with Crippen molar-refractivity contribution in [3.63, 3.8) is 0 Å². The SMILES string of the molecule is c1ccc2c(c1)oc1c(-c3nc(-c4ccc5sc6cc(-n7c8ccccc8c8ccccc87)ccc6c5c4)nc(-n4c5ccccc5c5ccccc54)n3)cccc12. The fourth-order valence-corrected chi connectivity index (χ4v) is 10.1. The molecule has 0 radical (unpaired) electrons. The van der Waals surface area contributed by atoms with E-state index in [0.717, 1.165) is 60.6 Å². The highest BCUT2D eigenvalue weighted by Gasteiger charge is 2.21. The molecule has 0 aliphatic heterocycles. The van der Waals surface area contributed by atoms with Crippen LogP contribution in [0, 0.1) is 0 Å². The van der Waals surface area contributed by atoms with Crippen LogP contribution < -0.4 is 0 Å². The molecule has 0 aliphatic rings. The first-order valence-corrected chi connectivity index (χ1v) is 20.2. The lowest BCUT2D eigenvalue weighted by Gasteiger charge is -2.11. The van der Waals surface area contributed by atoms with E-state index < -0.39 is 0 Å². The lowest BCUT2D eigenvalue weighted by molar-refractivity contribution is 0.669. The van der Waals surface area contributed by atoms with Crippen LogP contribution in [0.25, 0.3) is 120 Å². The molecule has 7 heteroatoms. The zero-order chi connectivity index (χ0) is 37.9. The molecule has 0 fully saturated rings. The molecule has 0 atom stereocenters. The molecule has 0 spiro atoms. The molecule has 0 bridgehead atoms. The summed E-state index contributed by atoms with van der Waals surface area (Å²) in [6.07, 6.45) is 0. The van der Waals surface area contributed by atoms with Gasteiger partial charge in [0.15, 0.2) is 11.6 Å². The number of furan rings is 1. The zero-order valence-corrected chi connectivity index (χ0v) is 31.6. The van der Waals surface area contributed by atoms with Gasteiger partial charge in [-0.2, -0.15) is 9.97 Å². The Labute approximate surface area is 334 Å². The normalized spacial score (nSPS) is 12.1. The third-order valence-electron chi connectivity index (χ3n) is 11.6. The van der Waals surface area contributed by atoms with Crippen molar-refractivity contribution < 1.29 is 4.42 Å². The molecule has 0 amide bonds. The van der Waals surface area contributed by atoms with E-state index in [0.29, 0.717) is 17.6 Å². The predicted octanol–water partition coefficient (Wildman–Crippen LogP) is 13.7. The lowest BCUT2D eigenvalue weighted by atomic mass is 10.1. The first kappa shape index (κ1) is 31.6. The lowest BCUT2D eigenvalue weighted by Crippen LogP contribution is -2.06. The Morgan fingerprint density at radius 2 is 0.983 bits per heavy atom. The molecule has 13 aromatic rings. The van der Waals surface area contributed by atoms with Crippen LogP contribution in [0.2, 0.25) is 0 Å². The molecule has 0 unspecified atom stereocenters. The number of hydrogen-bond donors (Lipinski definition) is 0. The van der Waals surface area contributed by atoms with Gasteiger partial charge in [-0.1, -0.05) is 109 Å². The fraction of sp³-hybridized carbons (Fsp3) is 0. The first-order chi connectivity index (χ1) is 28.7. The standard InChI is InChI=1S/C51H29N5OS/c1-6-19-41-32(12-1)33-13-2-7-20-42(33)55(41)31-25-26-37-40-28-30(24-27-46(40)58-47(37)29-31)49-52-50(39-18-11-17-38-36-16-5-10-23-45(36)57-48(38)39)54-51(53-49)56-43-21-8-3-14-34(43)35-15-4-9-22-44(35)56/h1-29H. The van der Waals surface area contributed by atoms with Gasteiger partial charge in [0, 0.05) is 63.7 Å². The highest BCUT2D eigenvalue weighted by Crippen LogP contribution is 2.41. The highest BCUT2D eigenvalue weighted by molar-refractivity contribution is 7.25. The Kier molecular flexibility index (Phi) is 6.50. The van der Waals surface area contributed by atoms with Crippen molar-refractivity contribution in [3.05, 3.63) is 176 Å². The van der Waals surface area contributed by atoms with Gasteiger partial charge in [-0.05, 0) is 66.7 Å². The minimum atomic E-state index is 0.552. The third kappa shape index (κ3) is 4.50. The minimum absolute atomic E-state index is 0.552. The molecule has 8 aromatic carbocycles. The largest absolute Gasteiger partial charge is 0.455 e. The van der Waals surface area contributed by atoms with Gasteiger partial charge < -0.3 is 8.98 Å². The van der Waals surface area contributed by atoms with Crippen molar-refractivity contribution in [2.45, 2.75) is 0 Å². The van der Waals surface area contributed by atoms with Crippen LogP contribution in [-0.2, 0) is 0 Å². The van der Waals surface area contributed by atoms with E-state index in [2.05, 4.69) is 161 Å². The molecule has 6 nitrogen and oxygen atoms in total. The quantitative estimate of drug-likeness (QED) is 0.179. The number of thiophene rings is 1. The van der Waals surface area contributed by atoms with Gasteiger partial charge in [0.05, 0.1) is 27.6 Å². The molecule has 5 heterocycles. The second-order valence-electron chi connectivity index (χ2n) is 14.8. The number of hydrogen-bond acceptors (Lipinski definition) is 5. The second kappa shape index (κ2) is 11.9. The van der Waals surface area contributed by atoms with Crippen molar-refractivity contribution >= 4 is 97.1 Å². The Morgan fingerprint density at radius 1 is 0.397 bits per heavy atom. The second-order valence-corrected chi connectivity index (χ2v) is 15.9. The van der Waals surface area contributed by atoms with Crippen molar-refractivity contribution in [1.29, 1.82) is 0 Å². The predicted molar refractivity (Wildman–Crippen MR) is 240 cm³/mol. The molecule has 5 aromatic heterocycles. The number of para-hydroxylation sites is 6. The average molecular weight is 760 g/mol. The topological polar surface area (TPSA) is 61.7 Å². The highest BCUT2D eigenvalue weighted by atomic mass is 32.1. The monoisotopic (exact) mass is 759 g/mol. The summed E-state index contributed by atoms with van der Waals surface area (Å²) in [5.41, 5.74) is 8.95. The Hall–Kier alpha value is -7.61. The van der Waals surface area contributed by atoms with Gasteiger partial charge >= 0.3 is 0 Å². The van der Waals surface area contributed by atoms with Crippen LogP contribution in [0.4, 0.5) is 0 Å². The summed E-state index contributed by atoms with van der Waals surface area (Å²) < 4.78 is 13.5. The third-order valence-corrected chi connectivity index (χ3v) is 12.7. The van der Waals surface area contributed by atoms with E-state index in [9.17, 15) is 0 Å². The molecular weight excluding hydrogens is 731 g/mol. The van der Waals surface area contributed by atoms with E-state index >= 15 is 0 Å². The smallest absolute Gasteiger partial charge is 0.238 e. The molecular formula is C51H29N5OS. The van der Waals surface area contributed by atoms with Crippen molar-refractivity contribution in [1.82, 2.24) is 24.1 Å². The molecule has 0 saturated heterocycles. The maximum Gasteiger partial charge on any atom is 0.238 e. The molecule has 0 saturated carbocycles. The van der Waals surface area contributed by atoms with Crippen LogP contribution >= 0.6 is 11.3 Å². The van der Waals surface area contributed by atoms with Crippen molar-refractivity contribution in [2.24, 2.45) is 0 Å². The number of benzene rings is 8. The van der Waals surface area contributed by atoms with Crippen LogP contribution in [0.5, 0.6) is 0 Å². The van der Waals surface area contributed by atoms with E-state index in [1.54, 1.807) is 0 Å². The maximum atomic E-state index is 6.53. The zero-order valence-electron chi connectivity index (χ0n) is 30.8. The van der Waals surface area contributed by atoms with E-state index in [-0.39, 0.29) is 0 Å². The van der Waals surface area contributed by atoms with Gasteiger partial charge in [0.25, 0.3) is 0 Å². The van der Waals surface area contributed by atoms with Crippen LogP contribution in [0.1, 0.15) is 0 Å². The summed E-state index contributed by atoms with van der Waals surface area (Å²) in [4.78, 5) is 15.8. The van der Waals surface area contributed by atoms with Gasteiger partial charge in [-0.15, -0.1) is 11.3 Å². The number of rotatable bonds is 4. The average Bonchev–Trinajstić information content (AvgIpc) is 4.03. The number of aromatic nitrogens is 5. The molecule has 270 valence electrons. The summed E-state index contributed by atoms with van der Waals surface area (Å²) in [6.45, 7) is 0. The van der Waals surface area contributed by atoms with Gasteiger partial charge in [0.2, 0.25) is 5.95 Å². The Bertz CT molecular complexity index is 3720. The van der Waals surface area contributed by atoms with Gasteiger partial charge in [-0.3, -0.25) is 4.57 Å². The molecule has 13 rings (SSSR count). The van der Waals surface area contributed by atoms with Gasteiger partial charge in [-0.25, -0.2) is 4.98 Å². The Balaban J connectivity index is 1.03. The summed E-state index contributed by atoms with van der Waals surface area (Å²) in [5.74, 6) is 1.70. The molecule has 58 heavy (non-hydrogen) atoms. The number of fused-ring (bicyclic) bond motifs is 12. The van der Waals surface area contributed by atoms with E-state index in [1.807, 2.05) is 35.6 Å². The number of nitrogens with zero attached hydrogens (tertiary/aromatic N) is 5. The van der Waals surface area contributed by atoms with Crippen LogP contribution in [0.15, 0.2) is 180 Å². The van der Waals surface area contributed by atoms with Crippen molar-refractivity contribution in [3.8, 4) is 34.4 Å².